The number of esters is 1. The van der Waals surface area contributed by atoms with Crippen molar-refractivity contribution < 1.29 is 14.3 Å². The molecule has 1 amide bonds. The number of hydrogen-bond acceptors (Lipinski definition) is 3. The third-order valence-corrected chi connectivity index (χ3v) is 3.43. The van der Waals surface area contributed by atoms with E-state index in [9.17, 15) is 9.59 Å². The molecule has 19 heavy (non-hydrogen) atoms. The lowest BCUT2D eigenvalue weighted by Crippen LogP contribution is -2.45. The molecule has 0 saturated heterocycles. The second kappa shape index (κ2) is 9.59. The van der Waals surface area contributed by atoms with Gasteiger partial charge in [0.05, 0.1) is 7.11 Å². The zero-order chi connectivity index (χ0) is 14.8. The number of ether oxygens (including phenoxy) is 1. The first kappa shape index (κ1) is 17.7. The van der Waals surface area contributed by atoms with Gasteiger partial charge in [0.1, 0.15) is 6.04 Å². The standard InChI is InChI=1S/C15H27NO3/c1-6-9-11-12(8-3)14(17)16(4)13(10-7-2)15(18)19-5/h7,12-13H,2,6,8-11H2,1,3-5H3. The molecule has 2 atom stereocenters. The zero-order valence-electron chi connectivity index (χ0n) is 12.6. The Kier molecular flexibility index (Phi) is 8.92. The fourth-order valence-electron chi connectivity index (χ4n) is 2.10. The third-order valence-electron chi connectivity index (χ3n) is 3.43. The highest BCUT2D eigenvalue weighted by molar-refractivity contribution is 5.85. The maximum Gasteiger partial charge on any atom is 0.328 e. The molecule has 0 fully saturated rings. The van der Waals surface area contributed by atoms with Gasteiger partial charge < -0.3 is 9.64 Å². The molecule has 4 nitrogen and oxygen atoms in total. The van der Waals surface area contributed by atoms with E-state index in [1.165, 1.54) is 12.0 Å². The average molecular weight is 269 g/mol. The first-order chi connectivity index (χ1) is 9.03. The number of nitrogens with zero attached hydrogens (tertiary/aromatic N) is 1. The highest BCUT2D eigenvalue weighted by Crippen LogP contribution is 2.18. The summed E-state index contributed by atoms with van der Waals surface area (Å²) in [6.45, 7) is 7.74. The number of amides is 1. The van der Waals surface area contributed by atoms with Crippen LogP contribution >= 0.6 is 0 Å². The van der Waals surface area contributed by atoms with Gasteiger partial charge in [-0.2, -0.15) is 0 Å². The van der Waals surface area contributed by atoms with Crippen LogP contribution in [0.1, 0.15) is 46.0 Å². The van der Waals surface area contributed by atoms with E-state index >= 15 is 0 Å². The fraction of sp³-hybridized carbons (Fsp3) is 0.733. The summed E-state index contributed by atoms with van der Waals surface area (Å²) >= 11 is 0. The van der Waals surface area contributed by atoms with Gasteiger partial charge in [-0.3, -0.25) is 4.79 Å². The van der Waals surface area contributed by atoms with E-state index in [4.69, 9.17) is 4.74 Å². The Labute approximate surface area is 116 Å². The van der Waals surface area contributed by atoms with Crippen LogP contribution in [-0.2, 0) is 14.3 Å². The molecule has 0 bridgehead atoms. The summed E-state index contributed by atoms with van der Waals surface area (Å²) in [4.78, 5) is 25.6. The zero-order valence-corrected chi connectivity index (χ0v) is 12.6. The van der Waals surface area contributed by atoms with Gasteiger partial charge in [0.15, 0.2) is 0 Å². The molecule has 0 aromatic heterocycles. The van der Waals surface area contributed by atoms with Crippen LogP contribution in [0.5, 0.6) is 0 Å². The molecule has 0 rings (SSSR count). The Bertz CT molecular complexity index is 302. The summed E-state index contributed by atoms with van der Waals surface area (Å²) in [5.41, 5.74) is 0. The summed E-state index contributed by atoms with van der Waals surface area (Å²) in [5, 5.41) is 0. The molecule has 0 spiro atoms. The van der Waals surface area contributed by atoms with Crippen LogP contribution in [0.3, 0.4) is 0 Å². The third kappa shape index (κ3) is 5.45. The van der Waals surface area contributed by atoms with E-state index in [0.29, 0.717) is 6.42 Å². The van der Waals surface area contributed by atoms with Crippen LogP contribution in [0.25, 0.3) is 0 Å². The van der Waals surface area contributed by atoms with Crippen molar-refractivity contribution in [3.8, 4) is 0 Å². The van der Waals surface area contributed by atoms with Crippen molar-refractivity contribution >= 4 is 11.9 Å². The largest absolute Gasteiger partial charge is 0.467 e. The number of carbonyl (C=O) groups excluding carboxylic acids is 2. The molecule has 2 unspecified atom stereocenters. The average Bonchev–Trinajstić information content (AvgIpc) is 2.43. The molecule has 0 N–H and O–H groups in total. The Balaban J connectivity index is 4.80. The van der Waals surface area contributed by atoms with E-state index in [1.807, 2.05) is 6.92 Å². The van der Waals surface area contributed by atoms with Crippen molar-refractivity contribution in [2.75, 3.05) is 14.2 Å². The van der Waals surface area contributed by atoms with E-state index in [-0.39, 0.29) is 17.8 Å². The van der Waals surface area contributed by atoms with E-state index in [1.54, 1.807) is 13.1 Å². The lowest BCUT2D eigenvalue weighted by Gasteiger charge is -2.28. The van der Waals surface area contributed by atoms with Gasteiger partial charge >= 0.3 is 5.97 Å². The fourth-order valence-corrected chi connectivity index (χ4v) is 2.10. The summed E-state index contributed by atoms with van der Waals surface area (Å²) in [5.74, 6) is -0.379. The molecule has 0 aromatic carbocycles. The van der Waals surface area contributed by atoms with Crippen LogP contribution in [0.4, 0.5) is 0 Å². The number of unbranched alkanes of at least 4 members (excludes halogenated alkanes) is 1. The molecule has 0 aliphatic carbocycles. The molecule has 0 heterocycles. The van der Waals surface area contributed by atoms with Crippen molar-refractivity contribution in [2.45, 2.75) is 52.0 Å². The molecule has 110 valence electrons. The molecule has 4 heteroatoms. The van der Waals surface area contributed by atoms with Crippen molar-refractivity contribution in [3.63, 3.8) is 0 Å². The van der Waals surface area contributed by atoms with Crippen LogP contribution in [-0.4, -0.2) is 37.0 Å². The first-order valence-corrected chi connectivity index (χ1v) is 6.98. The van der Waals surface area contributed by atoms with Crippen molar-refractivity contribution in [1.29, 1.82) is 0 Å². The molecule has 0 aliphatic rings. The number of likely N-dealkylation sites (N-methyl/N-ethyl adjacent to an activating group) is 1. The maximum atomic E-state index is 12.4. The van der Waals surface area contributed by atoms with Crippen LogP contribution < -0.4 is 0 Å². The monoisotopic (exact) mass is 269 g/mol. The first-order valence-electron chi connectivity index (χ1n) is 6.98. The minimum absolute atomic E-state index is 0.0121. The van der Waals surface area contributed by atoms with Gasteiger partial charge in [-0.05, 0) is 19.3 Å². The van der Waals surface area contributed by atoms with E-state index in [2.05, 4.69) is 13.5 Å². The van der Waals surface area contributed by atoms with Crippen LogP contribution in [0.15, 0.2) is 12.7 Å². The molecule has 0 radical (unpaired) electrons. The predicted octanol–water partition coefficient (Wildman–Crippen LogP) is 2.78. The Morgan fingerprint density at radius 2 is 2.00 bits per heavy atom. The topological polar surface area (TPSA) is 46.6 Å². The van der Waals surface area contributed by atoms with Crippen LogP contribution in [0.2, 0.25) is 0 Å². The van der Waals surface area contributed by atoms with Crippen LogP contribution in [0, 0.1) is 5.92 Å². The Morgan fingerprint density at radius 1 is 1.37 bits per heavy atom. The maximum absolute atomic E-state index is 12.4. The van der Waals surface area contributed by atoms with Gasteiger partial charge in [-0.1, -0.05) is 32.8 Å². The van der Waals surface area contributed by atoms with Gasteiger partial charge in [0.2, 0.25) is 5.91 Å². The van der Waals surface area contributed by atoms with Gasteiger partial charge in [-0.25, -0.2) is 4.79 Å². The number of hydrogen-bond donors (Lipinski definition) is 0. The Hall–Kier alpha value is -1.32. The van der Waals surface area contributed by atoms with Gasteiger partial charge in [-0.15, -0.1) is 6.58 Å². The minimum Gasteiger partial charge on any atom is -0.467 e. The summed E-state index contributed by atoms with van der Waals surface area (Å²) in [6, 6.07) is -0.564. The number of methoxy groups -OCH3 is 1. The highest BCUT2D eigenvalue weighted by atomic mass is 16.5. The quantitative estimate of drug-likeness (QED) is 0.477. The van der Waals surface area contributed by atoms with Crippen molar-refractivity contribution in [2.24, 2.45) is 5.92 Å². The molecular formula is C15H27NO3. The molecule has 0 aliphatic heterocycles. The normalized spacial score (nSPS) is 13.5. The number of rotatable bonds is 9. The van der Waals surface area contributed by atoms with Crippen molar-refractivity contribution in [3.05, 3.63) is 12.7 Å². The smallest absolute Gasteiger partial charge is 0.328 e. The predicted molar refractivity (Wildman–Crippen MR) is 76.7 cm³/mol. The summed E-state index contributed by atoms with van der Waals surface area (Å²) in [7, 11) is 3.01. The minimum atomic E-state index is -0.564. The van der Waals surface area contributed by atoms with E-state index < -0.39 is 6.04 Å². The molecule has 0 aromatic rings. The van der Waals surface area contributed by atoms with E-state index in [0.717, 1.165) is 25.7 Å². The second-order valence-corrected chi connectivity index (χ2v) is 4.76. The van der Waals surface area contributed by atoms with Gasteiger partial charge in [0, 0.05) is 13.0 Å². The SMILES string of the molecule is C=CCC(C(=O)OC)N(C)C(=O)C(CC)CCCC. The summed E-state index contributed by atoms with van der Waals surface area (Å²) in [6.07, 6.45) is 5.82. The highest BCUT2D eigenvalue weighted by Gasteiger charge is 2.29. The lowest BCUT2D eigenvalue weighted by atomic mass is 9.97. The molecule has 0 saturated carbocycles. The number of carbonyl (C=O) groups is 2. The molecular weight excluding hydrogens is 242 g/mol. The summed E-state index contributed by atoms with van der Waals surface area (Å²) < 4.78 is 4.75. The Morgan fingerprint density at radius 3 is 2.42 bits per heavy atom. The second-order valence-electron chi connectivity index (χ2n) is 4.76. The van der Waals surface area contributed by atoms with Gasteiger partial charge in [0.25, 0.3) is 0 Å². The lowest BCUT2D eigenvalue weighted by molar-refractivity contribution is -0.153. The van der Waals surface area contributed by atoms with Crippen molar-refractivity contribution in [1.82, 2.24) is 4.90 Å².